The van der Waals surface area contributed by atoms with E-state index in [1.165, 1.54) is 16.7 Å². The fraction of sp³-hybridized carbons (Fsp3) is 0.133. The summed E-state index contributed by atoms with van der Waals surface area (Å²) in [7, 11) is 0. The summed E-state index contributed by atoms with van der Waals surface area (Å²) < 4.78 is 0. The van der Waals surface area contributed by atoms with Crippen LogP contribution in [0.1, 0.15) is 11.1 Å². The minimum absolute atomic E-state index is 0.914. The van der Waals surface area contributed by atoms with Crippen molar-refractivity contribution in [1.29, 1.82) is 0 Å². The third kappa shape index (κ3) is 1.66. The van der Waals surface area contributed by atoms with Crippen molar-refractivity contribution in [3.05, 3.63) is 47.7 Å². The molecule has 0 bridgehead atoms. The van der Waals surface area contributed by atoms with Crippen molar-refractivity contribution in [1.82, 2.24) is 4.98 Å². The summed E-state index contributed by atoms with van der Waals surface area (Å²) in [5, 5.41) is 3.29. The van der Waals surface area contributed by atoms with Crippen molar-refractivity contribution in [2.24, 2.45) is 0 Å². The number of rotatable bonds is 1. The second-order valence-corrected chi connectivity index (χ2v) is 4.08. The van der Waals surface area contributed by atoms with E-state index in [0.29, 0.717) is 0 Å². The average molecular weight is 220 g/mol. The molecule has 0 saturated carbocycles. The maximum Gasteiger partial charge on any atom is 0.129 e. The molecule has 0 amide bonds. The molecule has 17 heavy (non-hydrogen) atoms. The van der Waals surface area contributed by atoms with Crippen LogP contribution >= 0.6 is 0 Å². The van der Waals surface area contributed by atoms with Gasteiger partial charge in [0.2, 0.25) is 0 Å². The molecule has 0 radical (unpaired) electrons. The normalized spacial score (nSPS) is 12.6. The number of hydrogen-bond donors (Lipinski definition) is 1. The summed E-state index contributed by atoms with van der Waals surface area (Å²) in [6.07, 6.45) is 8.24. The molecular formula is C15H12N2. The maximum atomic E-state index is 5.36. The molecule has 3 rings (SSSR count). The van der Waals surface area contributed by atoms with Gasteiger partial charge in [-0.1, -0.05) is 18.1 Å². The summed E-state index contributed by atoms with van der Waals surface area (Å²) in [5.74, 6) is 3.65. The van der Waals surface area contributed by atoms with Gasteiger partial charge < -0.3 is 5.32 Å². The maximum absolute atomic E-state index is 5.36. The number of aromatic nitrogens is 1. The van der Waals surface area contributed by atoms with Crippen LogP contribution in [-0.4, -0.2) is 11.5 Å². The molecule has 0 aliphatic carbocycles. The molecular weight excluding hydrogens is 208 g/mol. The number of fused-ring (bicyclic) bond motifs is 1. The number of anilines is 1. The third-order valence-electron chi connectivity index (χ3n) is 3.09. The predicted octanol–water partition coefficient (Wildman–Crippen LogP) is 2.70. The van der Waals surface area contributed by atoms with Gasteiger partial charge in [0.05, 0.1) is 0 Å². The van der Waals surface area contributed by atoms with E-state index in [9.17, 15) is 0 Å². The van der Waals surface area contributed by atoms with Gasteiger partial charge >= 0.3 is 0 Å². The molecule has 2 heteroatoms. The minimum Gasteiger partial charge on any atom is -0.369 e. The fourth-order valence-electron chi connectivity index (χ4n) is 2.22. The van der Waals surface area contributed by atoms with E-state index in [-0.39, 0.29) is 0 Å². The van der Waals surface area contributed by atoms with Crippen LogP contribution < -0.4 is 5.32 Å². The molecule has 1 aromatic carbocycles. The monoisotopic (exact) mass is 220 g/mol. The van der Waals surface area contributed by atoms with Crippen LogP contribution in [-0.2, 0) is 6.42 Å². The van der Waals surface area contributed by atoms with Crippen LogP contribution in [0.5, 0.6) is 0 Å². The number of benzene rings is 1. The topological polar surface area (TPSA) is 24.9 Å². The standard InChI is InChI=1S/C15H12N2/c1-2-11-3-5-12(6-4-11)13-7-9-16-15-14(13)8-10-17-15/h1,3-7,9H,8,10H2,(H,16,17). The van der Waals surface area contributed by atoms with Crippen LogP contribution in [0.3, 0.4) is 0 Å². The Bertz CT molecular complexity index is 591. The quantitative estimate of drug-likeness (QED) is 0.747. The van der Waals surface area contributed by atoms with Crippen molar-refractivity contribution >= 4 is 5.82 Å². The summed E-state index contributed by atoms with van der Waals surface area (Å²) in [4.78, 5) is 4.34. The van der Waals surface area contributed by atoms with E-state index in [1.807, 2.05) is 18.3 Å². The first-order valence-corrected chi connectivity index (χ1v) is 5.67. The second-order valence-electron chi connectivity index (χ2n) is 4.08. The fourth-order valence-corrected chi connectivity index (χ4v) is 2.22. The summed E-state index contributed by atoms with van der Waals surface area (Å²) in [5.41, 5.74) is 4.67. The Morgan fingerprint density at radius 1 is 1.18 bits per heavy atom. The molecule has 0 fully saturated rings. The van der Waals surface area contributed by atoms with Gasteiger partial charge in [0.15, 0.2) is 0 Å². The van der Waals surface area contributed by atoms with Crippen LogP contribution in [0.15, 0.2) is 36.5 Å². The van der Waals surface area contributed by atoms with Gasteiger partial charge in [0, 0.05) is 23.9 Å². The highest BCUT2D eigenvalue weighted by Crippen LogP contribution is 2.31. The van der Waals surface area contributed by atoms with E-state index in [0.717, 1.165) is 24.3 Å². The summed E-state index contributed by atoms with van der Waals surface area (Å²) in [6.45, 7) is 0.974. The zero-order valence-electron chi connectivity index (χ0n) is 9.40. The first kappa shape index (κ1) is 9.92. The van der Waals surface area contributed by atoms with Gasteiger partial charge in [-0.15, -0.1) is 6.42 Å². The largest absolute Gasteiger partial charge is 0.369 e. The van der Waals surface area contributed by atoms with Gasteiger partial charge in [-0.2, -0.15) is 0 Å². The van der Waals surface area contributed by atoms with Crippen LogP contribution in [0.4, 0.5) is 5.82 Å². The Hall–Kier alpha value is -2.27. The SMILES string of the molecule is C#Cc1ccc(-c2ccnc3c2CCN3)cc1. The Morgan fingerprint density at radius 3 is 2.76 bits per heavy atom. The van der Waals surface area contributed by atoms with Gasteiger partial charge in [0.25, 0.3) is 0 Å². The van der Waals surface area contributed by atoms with E-state index in [4.69, 9.17) is 6.42 Å². The zero-order valence-corrected chi connectivity index (χ0v) is 9.40. The molecule has 2 heterocycles. The second kappa shape index (κ2) is 3.95. The highest BCUT2D eigenvalue weighted by Gasteiger charge is 2.15. The third-order valence-corrected chi connectivity index (χ3v) is 3.09. The van der Waals surface area contributed by atoms with Crippen molar-refractivity contribution in [3.63, 3.8) is 0 Å². The van der Waals surface area contributed by atoms with E-state index < -0.39 is 0 Å². The first-order chi connectivity index (χ1) is 8.38. The Morgan fingerprint density at radius 2 is 2.00 bits per heavy atom. The summed E-state index contributed by atoms with van der Waals surface area (Å²) >= 11 is 0. The highest BCUT2D eigenvalue weighted by atomic mass is 15.0. The van der Waals surface area contributed by atoms with Crippen LogP contribution in [0.25, 0.3) is 11.1 Å². The van der Waals surface area contributed by atoms with Crippen LogP contribution in [0, 0.1) is 12.3 Å². The Kier molecular flexibility index (Phi) is 2.31. The lowest BCUT2D eigenvalue weighted by Crippen LogP contribution is -1.92. The number of terminal acetylenes is 1. The van der Waals surface area contributed by atoms with Gasteiger partial charge in [0.1, 0.15) is 5.82 Å². The van der Waals surface area contributed by atoms with Crippen molar-refractivity contribution < 1.29 is 0 Å². The molecule has 0 spiro atoms. The minimum atomic E-state index is 0.914. The number of pyridine rings is 1. The number of hydrogen-bond acceptors (Lipinski definition) is 2. The Balaban J connectivity index is 2.10. The van der Waals surface area contributed by atoms with Gasteiger partial charge in [-0.3, -0.25) is 0 Å². The van der Waals surface area contributed by atoms with Crippen molar-refractivity contribution in [3.8, 4) is 23.5 Å². The molecule has 1 N–H and O–H groups in total. The summed E-state index contributed by atoms with van der Waals surface area (Å²) in [6, 6.07) is 10.2. The molecule has 0 unspecified atom stereocenters. The van der Waals surface area contributed by atoms with Crippen LogP contribution in [0.2, 0.25) is 0 Å². The predicted molar refractivity (Wildman–Crippen MR) is 69.8 cm³/mol. The molecule has 1 aliphatic heterocycles. The first-order valence-electron chi connectivity index (χ1n) is 5.67. The lowest BCUT2D eigenvalue weighted by molar-refractivity contribution is 1.11. The molecule has 2 nitrogen and oxygen atoms in total. The van der Waals surface area contributed by atoms with E-state index >= 15 is 0 Å². The molecule has 0 saturated heterocycles. The zero-order chi connectivity index (χ0) is 11.7. The Labute approximate surface area is 101 Å². The lowest BCUT2D eigenvalue weighted by Gasteiger charge is -2.07. The molecule has 1 aliphatic rings. The van der Waals surface area contributed by atoms with E-state index in [1.54, 1.807) is 0 Å². The lowest BCUT2D eigenvalue weighted by atomic mass is 9.99. The average Bonchev–Trinajstić information content (AvgIpc) is 2.87. The number of nitrogens with one attached hydrogen (secondary N) is 1. The molecule has 0 atom stereocenters. The van der Waals surface area contributed by atoms with E-state index in [2.05, 4.69) is 34.4 Å². The molecule has 2 aromatic rings. The number of nitrogens with zero attached hydrogens (tertiary/aromatic N) is 1. The van der Waals surface area contributed by atoms with Gasteiger partial charge in [-0.25, -0.2) is 4.98 Å². The highest BCUT2D eigenvalue weighted by molar-refractivity contribution is 5.73. The molecule has 1 aromatic heterocycles. The smallest absolute Gasteiger partial charge is 0.129 e. The van der Waals surface area contributed by atoms with Crippen molar-refractivity contribution in [2.45, 2.75) is 6.42 Å². The van der Waals surface area contributed by atoms with Gasteiger partial charge in [-0.05, 0) is 35.7 Å². The molecule has 82 valence electrons. The van der Waals surface area contributed by atoms with Crippen molar-refractivity contribution in [2.75, 3.05) is 11.9 Å².